The Labute approximate surface area is 290 Å². The summed E-state index contributed by atoms with van der Waals surface area (Å²) in [4.78, 5) is 42.5. The molecule has 0 aromatic heterocycles. The van der Waals surface area contributed by atoms with Crippen LogP contribution in [0.1, 0.15) is 52.6 Å². The summed E-state index contributed by atoms with van der Waals surface area (Å²) in [5.74, 6) is -4.33. The van der Waals surface area contributed by atoms with Gasteiger partial charge in [0.1, 0.15) is 18.3 Å². The molecule has 4 atom stereocenters. The number of hydrogen-bond acceptors (Lipinski definition) is 6. The van der Waals surface area contributed by atoms with E-state index in [1.54, 1.807) is 12.1 Å². The zero-order valence-electron chi connectivity index (χ0n) is 28.0. The maximum atomic E-state index is 14.3. The molecule has 0 saturated heterocycles. The molecule has 0 spiro atoms. The molecule has 48 heavy (non-hydrogen) atoms. The van der Waals surface area contributed by atoms with Crippen LogP contribution in [0.15, 0.2) is 83.3 Å². The van der Waals surface area contributed by atoms with Gasteiger partial charge in [0, 0.05) is 23.7 Å². The van der Waals surface area contributed by atoms with Crippen LogP contribution in [-0.2, 0) is 21.0 Å². The van der Waals surface area contributed by atoms with Crippen LogP contribution in [0.5, 0.6) is 11.5 Å². The summed E-state index contributed by atoms with van der Waals surface area (Å²) >= 11 is 3.63. The summed E-state index contributed by atoms with van der Waals surface area (Å²) in [6.07, 6.45) is -0.379. The van der Waals surface area contributed by atoms with Crippen molar-refractivity contribution in [2.24, 2.45) is 11.8 Å². The van der Waals surface area contributed by atoms with Crippen molar-refractivity contribution in [1.82, 2.24) is 0 Å². The third-order valence-corrected chi connectivity index (χ3v) is 9.59. The predicted octanol–water partition coefficient (Wildman–Crippen LogP) is 7.59. The number of ether oxygens (including phenoxy) is 2. The highest BCUT2D eigenvalue weighted by Crippen LogP contribution is 2.49. The number of benzene rings is 4. The molecule has 8 nitrogen and oxygen atoms in total. The van der Waals surface area contributed by atoms with E-state index >= 15 is 0 Å². The lowest BCUT2D eigenvalue weighted by atomic mass is 9.61. The standard InChI is InChI=1S/C39H41BrN2O6/c1-22-12-14-24(3)29(16-22)41-37(44)34-31(43)20-39(5,46)35(38(45)42-30-17-23(2)13-15-25(30)4)33(34)27-18-28(40)36(32(19-27)47-6)48-21-26-10-8-7-9-11-26/h7-19,33-35,46H,20-21H2,1-6H3,(H,41,44)(H,42,45). The van der Waals surface area contributed by atoms with E-state index in [0.29, 0.717) is 32.9 Å². The van der Waals surface area contributed by atoms with Crippen molar-refractivity contribution in [2.75, 3.05) is 17.7 Å². The number of nitrogens with one attached hydrogen (secondary N) is 2. The van der Waals surface area contributed by atoms with Crippen LogP contribution in [0.4, 0.5) is 11.4 Å². The second-order valence-electron chi connectivity index (χ2n) is 12.9. The Morgan fingerprint density at radius 1 is 0.875 bits per heavy atom. The Morgan fingerprint density at radius 3 is 2.04 bits per heavy atom. The molecular weight excluding hydrogens is 672 g/mol. The topological polar surface area (TPSA) is 114 Å². The molecule has 9 heteroatoms. The number of aryl methyl sites for hydroxylation is 4. The number of aliphatic hydroxyl groups is 1. The SMILES string of the molecule is COc1cc(C2C(C(=O)Nc3cc(C)ccc3C)C(=O)CC(C)(O)C2C(=O)Nc2cc(C)ccc2C)cc(Br)c1OCc1ccccc1. The van der Waals surface area contributed by atoms with Crippen LogP contribution in [0.2, 0.25) is 0 Å². The van der Waals surface area contributed by atoms with Gasteiger partial charge in [-0.15, -0.1) is 0 Å². The zero-order valence-corrected chi connectivity index (χ0v) is 29.6. The molecule has 0 bridgehead atoms. The lowest BCUT2D eigenvalue weighted by molar-refractivity contribution is -0.150. The molecule has 1 saturated carbocycles. The number of rotatable bonds is 9. The van der Waals surface area contributed by atoms with Gasteiger partial charge in [0.2, 0.25) is 11.8 Å². The second-order valence-corrected chi connectivity index (χ2v) is 13.8. The highest BCUT2D eigenvalue weighted by atomic mass is 79.9. The second kappa shape index (κ2) is 14.3. The van der Waals surface area contributed by atoms with Crippen LogP contribution in [-0.4, -0.2) is 35.4 Å². The highest BCUT2D eigenvalue weighted by Gasteiger charge is 2.56. The number of ketones is 1. The van der Waals surface area contributed by atoms with Crippen LogP contribution < -0.4 is 20.1 Å². The Bertz CT molecular complexity index is 1860. The van der Waals surface area contributed by atoms with Gasteiger partial charge in [0.25, 0.3) is 0 Å². The van der Waals surface area contributed by atoms with Crippen LogP contribution in [0.3, 0.4) is 0 Å². The largest absolute Gasteiger partial charge is 0.493 e. The molecule has 1 aliphatic carbocycles. The van der Waals surface area contributed by atoms with Crippen molar-refractivity contribution >= 4 is 44.9 Å². The monoisotopic (exact) mass is 712 g/mol. The van der Waals surface area contributed by atoms with E-state index < -0.39 is 41.0 Å². The number of hydrogen-bond donors (Lipinski definition) is 3. The van der Waals surface area contributed by atoms with Gasteiger partial charge < -0.3 is 25.2 Å². The van der Waals surface area contributed by atoms with Gasteiger partial charge >= 0.3 is 0 Å². The molecule has 250 valence electrons. The minimum atomic E-state index is -1.78. The molecular formula is C39H41BrN2O6. The zero-order chi connectivity index (χ0) is 34.7. The average molecular weight is 714 g/mol. The van der Waals surface area contributed by atoms with Crippen molar-refractivity contribution < 1.29 is 29.0 Å². The lowest BCUT2D eigenvalue weighted by Gasteiger charge is -2.44. The molecule has 4 unspecified atom stereocenters. The Kier molecular flexibility index (Phi) is 10.4. The number of Topliss-reactive ketones (excluding diaryl/α,β-unsaturated/α-hetero) is 1. The number of carbonyl (C=O) groups excluding carboxylic acids is 3. The first kappa shape index (κ1) is 34.9. The van der Waals surface area contributed by atoms with Crippen molar-refractivity contribution in [1.29, 1.82) is 0 Å². The van der Waals surface area contributed by atoms with E-state index in [0.717, 1.165) is 27.8 Å². The van der Waals surface area contributed by atoms with Crippen molar-refractivity contribution in [3.8, 4) is 11.5 Å². The minimum Gasteiger partial charge on any atom is -0.493 e. The molecule has 4 aromatic carbocycles. The summed E-state index contributed by atoms with van der Waals surface area (Å²) < 4.78 is 12.4. The first-order valence-electron chi connectivity index (χ1n) is 15.8. The first-order chi connectivity index (χ1) is 22.8. The van der Waals surface area contributed by atoms with Crippen molar-refractivity contribution in [2.45, 2.75) is 59.2 Å². The van der Waals surface area contributed by atoms with Crippen LogP contribution >= 0.6 is 15.9 Å². The molecule has 3 N–H and O–H groups in total. The summed E-state index contributed by atoms with van der Waals surface area (Å²) in [6, 6.07) is 24.5. The number of amides is 2. The third kappa shape index (κ3) is 7.48. The van der Waals surface area contributed by atoms with Gasteiger partial charge in [-0.3, -0.25) is 14.4 Å². The number of carbonyl (C=O) groups is 3. The fourth-order valence-corrected chi connectivity index (χ4v) is 7.03. The van der Waals surface area contributed by atoms with Gasteiger partial charge in [-0.05, 0) is 108 Å². The van der Waals surface area contributed by atoms with Crippen molar-refractivity contribution in [3.05, 3.63) is 117 Å². The Balaban J connectivity index is 1.62. The number of anilines is 2. The van der Waals surface area contributed by atoms with E-state index in [9.17, 15) is 19.5 Å². The van der Waals surface area contributed by atoms with Gasteiger partial charge in [0.05, 0.1) is 23.1 Å². The molecule has 4 aromatic rings. The Morgan fingerprint density at radius 2 is 1.46 bits per heavy atom. The smallest absolute Gasteiger partial charge is 0.235 e. The van der Waals surface area contributed by atoms with Gasteiger partial charge in [0.15, 0.2) is 11.5 Å². The van der Waals surface area contributed by atoms with Gasteiger partial charge in [-0.25, -0.2) is 0 Å². The maximum absolute atomic E-state index is 14.3. The molecule has 2 amide bonds. The van der Waals surface area contributed by atoms with E-state index in [1.165, 1.54) is 14.0 Å². The molecule has 1 aliphatic rings. The van der Waals surface area contributed by atoms with Crippen molar-refractivity contribution in [3.63, 3.8) is 0 Å². The van der Waals surface area contributed by atoms with Gasteiger partial charge in [-0.1, -0.05) is 54.6 Å². The summed E-state index contributed by atoms with van der Waals surface area (Å²) in [7, 11) is 1.50. The first-order valence-corrected chi connectivity index (χ1v) is 16.6. The van der Waals surface area contributed by atoms with Gasteiger partial charge in [-0.2, -0.15) is 0 Å². The quantitative estimate of drug-likeness (QED) is 0.154. The maximum Gasteiger partial charge on any atom is 0.235 e. The third-order valence-electron chi connectivity index (χ3n) is 9.00. The number of methoxy groups -OCH3 is 1. The van der Waals surface area contributed by atoms with E-state index in [2.05, 4.69) is 26.6 Å². The van der Waals surface area contributed by atoms with E-state index in [-0.39, 0.29) is 13.0 Å². The van der Waals surface area contributed by atoms with Crippen LogP contribution in [0, 0.1) is 39.5 Å². The number of halogens is 1. The Hall–Kier alpha value is -4.47. The molecule has 1 fully saturated rings. The fraction of sp³-hybridized carbons (Fsp3) is 0.308. The van der Waals surface area contributed by atoms with Crippen LogP contribution in [0.25, 0.3) is 0 Å². The summed E-state index contributed by atoms with van der Waals surface area (Å²) in [5.41, 5.74) is 4.35. The predicted molar refractivity (Wildman–Crippen MR) is 191 cm³/mol. The normalized spacial score (nSPS) is 20.6. The molecule has 0 heterocycles. The molecule has 0 aliphatic heterocycles. The summed E-state index contributed by atoms with van der Waals surface area (Å²) in [5, 5.41) is 17.8. The highest BCUT2D eigenvalue weighted by molar-refractivity contribution is 9.10. The van der Waals surface area contributed by atoms with E-state index in [4.69, 9.17) is 9.47 Å². The molecule has 5 rings (SSSR count). The van der Waals surface area contributed by atoms with E-state index in [1.807, 2.05) is 94.4 Å². The summed E-state index contributed by atoms with van der Waals surface area (Å²) in [6.45, 7) is 9.34. The average Bonchev–Trinajstić information content (AvgIpc) is 3.03. The minimum absolute atomic E-state index is 0.271. The fourth-order valence-electron chi connectivity index (χ4n) is 6.46. The lowest BCUT2D eigenvalue weighted by Crippen LogP contribution is -2.56. The molecule has 0 radical (unpaired) electrons.